The van der Waals surface area contributed by atoms with Crippen LogP contribution in [0.15, 0.2) is 0 Å². The third-order valence-corrected chi connectivity index (χ3v) is 1.87. The number of carbonyl (C=O) groups excluding carboxylic acids is 3. The summed E-state index contributed by atoms with van der Waals surface area (Å²) in [5.41, 5.74) is 0. The monoisotopic (exact) mass is 250 g/mol. The molecular formula is C9H14O8. The fraction of sp³-hybridized carbons (Fsp3) is 0.667. The van der Waals surface area contributed by atoms with Crippen LogP contribution in [0, 0.1) is 0 Å². The number of aliphatic hydroxyl groups is 4. The van der Waals surface area contributed by atoms with Crippen molar-refractivity contribution < 1.29 is 39.5 Å². The van der Waals surface area contributed by atoms with Crippen molar-refractivity contribution >= 4 is 17.5 Å². The Kier molecular flexibility index (Phi) is 6.51. The summed E-state index contributed by atoms with van der Waals surface area (Å²) in [7, 11) is 0. The fourth-order valence-electron chi connectivity index (χ4n) is 0.833. The highest BCUT2D eigenvalue weighted by Gasteiger charge is 2.30. The van der Waals surface area contributed by atoms with Crippen molar-refractivity contribution in [3.63, 3.8) is 0 Å². The minimum absolute atomic E-state index is 0.848. The zero-order chi connectivity index (χ0) is 13.6. The van der Waals surface area contributed by atoms with Crippen LogP contribution < -0.4 is 0 Å². The molecule has 0 aliphatic carbocycles. The van der Waals surface area contributed by atoms with Crippen LogP contribution in [-0.4, -0.2) is 69.5 Å². The Morgan fingerprint density at radius 3 is 2.12 bits per heavy atom. The fourth-order valence-corrected chi connectivity index (χ4v) is 0.833. The maximum Gasteiger partial charge on any atom is 0.374 e. The van der Waals surface area contributed by atoms with Crippen molar-refractivity contribution in [3.05, 3.63) is 0 Å². The molecule has 0 saturated carbocycles. The molecule has 0 spiro atoms. The van der Waals surface area contributed by atoms with Crippen LogP contribution in [0.25, 0.3) is 0 Å². The largest absolute Gasteiger partial charge is 0.452 e. The second-order valence-corrected chi connectivity index (χ2v) is 3.28. The Balaban J connectivity index is 4.23. The van der Waals surface area contributed by atoms with E-state index in [1.165, 1.54) is 0 Å². The van der Waals surface area contributed by atoms with Gasteiger partial charge in [0.05, 0.1) is 6.61 Å². The number of Topliss-reactive ketones (excluding diaryl/α,β-unsaturated/α-hetero) is 2. The van der Waals surface area contributed by atoms with Gasteiger partial charge in [-0.3, -0.25) is 9.59 Å². The summed E-state index contributed by atoms with van der Waals surface area (Å²) < 4.78 is 4.20. The predicted molar refractivity (Wildman–Crippen MR) is 51.8 cm³/mol. The average Bonchev–Trinajstić information content (AvgIpc) is 2.32. The number of ether oxygens (including phenoxy) is 1. The Bertz CT molecular complexity index is 299. The summed E-state index contributed by atoms with van der Waals surface area (Å²) >= 11 is 0. The summed E-state index contributed by atoms with van der Waals surface area (Å²) in [5, 5.41) is 35.7. The second kappa shape index (κ2) is 7.07. The zero-order valence-electron chi connectivity index (χ0n) is 9.07. The molecule has 0 aliphatic heterocycles. The molecule has 0 saturated heterocycles. The average molecular weight is 250 g/mol. The summed E-state index contributed by atoms with van der Waals surface area (Å²) in [5.74, 6) is -3.26. The van der Waals surface area contributed by atoms with Crippen molar-refractivity contribution in [1.29, 1.82) is 0 Å². The first kappa shape index (κ1) is 15.7. The zero-order valence-corrected chi connectivity index (χ0v) is 9.07. The first-order chi connectivity index (χ1) is 7.81. The smallest absolute Gasteiger partial charge is 0.374 e. The number of esters is 1. The molecule has 0 aromatic carbocycles. The molecule has 0 bridgehead atoms. The third kappa shape index (κ3) is 5.00. The highest BCUT2D eigenvalue weighted by molar-refractivity contribution is 6.32. The highest BCUT2D eigenvalue weighted by atomic mass is 16.5. The summed E-state index contributed by atoms with van der Waals surface area (Å²) in [6.45, 7) is -0.818. The van der Waals surface area contributed by atoms with Gasteiger partial charge in [0, 0.05) is 6.92 Å². The quantitative estimate of drug-likeness (QED) is 0.273. The Morgan fingerprint density at radius 1 is 1.18 bits per heavy atom. The number of rotatable bonds is 7. The summed E-state index contributed by atoms with van der Waals surface area (Å²) in [6, 6.07) is 0. The molecule has 0 aliphatic rings. The molecule has 8 nitrogen and oxygen atoms in total. The Labute approximate surface area is 96.4 Å². The maximum absolute atomic E-state index is 11.1. The molecule has 0 aromatic rings. The molecule has 4 N–H and O–H groups in total. The van der Waals surface area contributed by atoms with Gasteiger partial charge >= 0.3 is 5.97 Å². The number of ketones is 2. The molecule has 98 valence electrons. The van der Waals surface area contributed by atoms with Crippen LogP contribution in [0.4, 0.5) is 0 Å². The molecule has 0 unspecified atom stereocenters. The van der Waals surface area contributed by atoms with Crippen LogP contribution in [-0.2, 0) is 19.1 Å². The van der Waals surface area contributed by atoms with Crippen LogP contribution in [0.5, 0.6) is 0 Å². The second-order valence-electron chi connectivity index (χ2n) is 3.28. The van der Waals surface area contributed by atoms with Gasteiger partial charge in [0.15, 0.2) is 6.61 Å². The van der Waals surface area contributed by atoms with Crippen molar-refractivity contribution in [2.45, 2.75) is 25.2 Å². The van der Waals surface area contributed by atoms with E-state index in [1.807, 2.05) is 0 Å². The van der Waals surface area contributed by atoms with Gasteiger partial charge in [-0.2, -0.15) is 0 Å². The molecule has 3 atom stereocenters. The molecule has 0 rings (SSSR count). The topological polar surface area (TPSA) is 141 Å². The summed E-state index contributed by atoms with van der Waals surface area (Å²) in [4.78, 5) is 32.3. The number of carbonyl (C=O) groups is 3. The van der Waals surface area contributed by atoms with Crippen LogP contribution in [0.1, 0.15) is 6.92 Å². The van der Waals surface area contributed by atoms with Gasteiger partial charge < -0.3 is 25.2 Å². The van der Waals surface area contributed by atoms with Crippen LogP contribution in [0.2, 0.25) is 0 Å². The van der Waals surface area contributed by atoms with Gasteiger partial charge in [0.1, 0.15) is 18.3 Å². The minimum Gasteiger partial charge on any atom is -0.452 e. The van der Waals surface area contributed by atoms with Crippen molar-refractivity contribution in [2.75, 3.05) is 13.2 Å². The van der Waals surface area contributed by atoms with E-state index in [9.17, 15) is 19.5 Å². The van der Waals surface area contributed by atoms with E-state index < -0.39 is 49.1 Å². The molecular weight excluding hydrogens is 236 g/mol. The van der Waals surface area contributed by atoms with E-state index in [1.54, 1.807) is 0 Å². The number of aliphatic hydroxyl groups excluding tert-OH is 4. The normalized spacial score (nSPS) is 15.8. The Morgan fingerprint density at radius 2 is 1.71 bits per heavy atom. The molecule has 0 heterocycles. The van der Waals surface area contributed by atoms with Crippen molar-refractivity contribution in [1.82, 2.24) is 0 Å². The Hall–Kier alpha value is -1.35. The van der Waals surface area contributed by atoms with Gasteiger partial charge in [-0.15, -0.1) is 0 Å². The lowest BCUT2D eigenvalue weighted by Crippen LogP contribution is -2.45. The lowest BCUT2D eigenvalue weighted by molar-refractivity contribution is -0.159. The molecule has 0 aromatic heterocycles. The predicted octanol–water partition coefficient (Wildman–Crippen LogP) is -3.24. The molecule has 8 heteroatoms. The first-order valence-corrected chi connectivity index (χ1v) is 4.66. The number of hydrogen-bond acceptors (Lipinski definition) is 8. The highest BCUT2D eigenvalue weighted by Crippen LogP contribution is 2.02. The van der Waals surface area contributed by atoms with Crippen molar-refractivity contribution in [3.8, 4) is 0 Å². The molecule has 0 fully saturated rings. The maximum atomic E-state index is 11.1. The van der Waals surface area contributed by atoms with Gasteiger partial charge in [0.2, 0.25) is 11.6 Å². The van der Waals surface area contributed by atoms with E-state index >= 15 is 0 Å². The lowest BCUT2D eigenvalue weighted by atomic mass is 10.1. The van der Waals surface area contributed by atoms with Crippen LogP contribution in [0.3, 0.4) is 0 Å². The van der Waals surface area contributed by atoms with E-state index in [2.05, 4.69) is 4.74 Å². The SMILES string of the molecule is CC(=O)C(=O)OCC(=O)[C@@H](O)[C@H](O)[C@H](O)CO. The number of hydrogen-bond donors (Lipinski definition) is 4. The first-order valence-electron chi connectivity index (χ1n) is 4.66. The van der Waals surface area contributed by atoms with E-state index in [0.29, 0.717) is 0 Å². The van der Waals surface area contributed by atoms with Gasteiger partial charge in [0.25, 0.3) is 0 Å². The third-order valence-electron chi connectivity index (χ3n) is 1.87. The molecule has 0 radical (unpaired) electrons. The lowest BCUT2D eigenvalue weighted by Gasteiger charge is -2.20. The molecule has 0 amide bonds. The van der Waals surface area contributed by atoms with Gasteiger partial charge in [-0.1, -0.05) is 0 Å². The standard InChI is InChI=1S/C9H14O8/c1-4(11)9(16)17-3-6(13)8(15)7(14)5(12)2-10/h5,7-8,10,12,14-15H,2-3H2,1H3/t5-,7-,8-/m1/s1. The minimum atomic E-state index is -2.02. The van der Waals surface area contributed by atoms with Crippen LogP contribution >= 0.6 is 0 Å². The van der Waals surface area contributed by atoms with E-state index in [4.69, 9.17) is 15.3 Å². The van der Waals surface area contributed by atoms with Gasteiger partial charge in [-0.05, 0) is 0 Å². The molecule has 17 heavy (non-hydrogen) atoms. The van der Waals surface area contributed by atoms with Crippen molar-refractivity contribution in [2.24, 2.45) is 0 Å². The van der Waals surface area contributed by atoms with Gasteiger partial charge in [-0.25, -0.2) is 4.79 Å². The van der Waals surface area contributed by atoms with E-state index in [0.717, 1.165) is 6.92 Å². The summed E-state index contributed by atoms with van der Waals surface area (Å²) in [6.07, 6.45) is -5.61. The van der Waals surface area contributed by atoms with E-state index in [-0.39, 0.29) is 0 Å².